The second kappa shape index (κ2) is 6.04. The highest BCUT2D eigenvalue weighted by molar-refractivity contribution is 5.81. The molecule has 4 rings (SSSR count). The van der Waals surface area contributed by atoms with E-state index >= 15 is 0 Å². The quantitative estimate of drug-likeness (QED) is 0.930. The number of carbonyl (C=O) groups is 1. The second-order valence-corrected chi connectivity index (χ2v) is 7.08. The molecule has 22 heavy (non-hydrogen) atoms. The molecule has 0 spiro atoms. The van der Waals surface area contributed by atoms with Gasteiger partial charge in [0.25, 0.3) is 0 Å². The van der Waals surface area contributed by atoms with E-state index in [1.165, 1.54) is 31.2 Å². The summed E-state index contributed by atoms with van der Waals surface area (Å²) in [7, 11) is 0. The summed E-state index contributed by atoms with van der Waals surface area (Å²) in [6.07, 6.45) is 6.92. The summed E-state index contributed by atoms with van der Waals surface area (Å²) in [5.41, 5.74) is 1.39. The number of hydrogen-bond donors (Lipinski definition) is 1. The standard InChI is InChI=1S/C19H25NO2/c21-19(16-11-6-12-22-16)20-18-15-10-5-4-9-14(15)17(18)13-7-2-1-3-8-13/h1-3,7-8,14-18H,4-6,9-12H2,(H,20,21)/t14-,15+,16+,17-,18-/m0/s1. The fourth-order valence-electron chi connectivity index (χ4n) is 4.84. The molecule has 1 amide bonds. The monoisotopic (exact) mass is 299 g/mol. The highest BCUT2D eigenvalue weighted by Gasteiger charge is 2.52. The van der Waals surface area contributed by atoms with Crippen LogP contribution in [0.2, 0.25) is 0 Å². The van der Waals surface area contributed by atoms with Crippen molar-refractivity contribution in [3.05, 3.63) is 35.9 Å². The number of fused-ring (bicyclic) bond motifs is 1. The zero-order chi connectivity index (χ0) is 14.9. The Morgan fingerprint density at radius 2 is 1.77 bits per heavy atom. The predicted octanol–water partition coefficient (Wildman–Crippen LogP) is 3.25. The number of hydrogen-bond acceptors (Lipinski definition) is 2. The van der Waals surface area contributed by atoms with E-state index in [1.54, 1.807) is 0 Å². The molecule has 0 radical (unpaired) electrons. The molecule has 0 unspecified atom stereocenters. The molecule has 1 heterocycles. The van der Waals surface area contributed by atoms with Crippen LogP contribution in [0.4, 0.5) is 0 Å². The first-order valence-corrected chi connectivity index (χ1v) is 8.81. The third-order valence-corrected chi connectivity index (χ3v) is 5.90. The van der Waals surface area contributed by atoms with Crippen molar-refractivity contribution in [2.75, 3.05) is 6.61 Å². The average Bonchev–Trinajstić information content (AvgIpc) is 3.08. The van der Waals surface area contributed by atoms with Crippen LogP contribution in [-0.2, 0) is 9.53 Å². The Morgan fingerprint density at radius 3 is 2.50 bits per heavy atom. The van der Waals surface area contributed by atoms with E-state index in [9.17, 15) is 4.79 Å². The largest absolute Gasteiger partial charge is 0.368 e. The Kier molecular flexibility index (Phi) is 3.91. The minimum Gasteiger partial charge on any atom is -0.368 e. The van der Waals surface area contributed by atoms with E-state index < -0.39 is 0 Å². The van der Waals surface area contributed by atoms with Crippen molar-refractivity contribution < 1.29 is 9.53 Å². The van der Waals surface area contributed by atoms with E-state index in [4.69, 9.17) is 4.74 Å². The summed E-state index contributed by atoms with van der Waals surface area (Å²) >= 11 is 0. The van der Waals surface area contributed by atoms with Gasteiger partial charge in [-0.3, -0.25) is 4.79 Å². The molecule has 1 saturated heterocycles. The molecular formula is C19H25NO2. The second-order valence-electron chi connectivity index (χ2n) is 7.08. The maximum absolute atomic E-state index is 12.5. The highest BCUT2D eigenvalue weighted by atomic mass is 16.5. The first-order valence-electron chi connectivity index (χ1n) is 8.81. The Balaban J connectivity index is 1.51. The van der Waals surface area contributed by atoms with Gasteiger partial charge in [0.2, 0.25) is 5.91 Å². The minimum atomic E-state index is -0.209. The normalized spacial score (nSPS) is 37.2. The number of carbonyl (C=O) groups excluding carboxylic acids is 1. The van der Waals surface area contributed by atoms with Crippen LogP contribution in [-0.4, -0.2) is 24.7 Å². The predicted molar refractivity (Wildman–Crippen MR) is 85.5 cm³/mol. The number of benzene rings is 1. The molecule has 1 aliphatic heterocycles. The first kappa shape index (κ1) is 14.3. The van der Waals surface area contributed by atoms with Crippen LogP contribution in [0.1, 0.15) is 50.0 Å². The van der Waals surface area contributed by atoms with Crippen LogP contribution in [0.15, 0.2) is 30.3 Å². The van der Waals surface area contributed by atoms with Crippen molar-refractivity contribution in [1.29, 1.82) is 0 Å². The number of nitrogens with one attached hydrogen (secondary N) is 1. The molecular weight excluding hydrogens is 274 g/mol. The summed E-state index contributed by atoms with van der Waals surface area (Å²) in [6, 6.07) is 11.1. The summed E-state index contributed by atoms with van der Waals surface area (Å²) in [5, 5.41) is 3.34. The van der Waals surface area contributed by atoms with Gasteiger partial charge in [-0.05, 0) is 43.1 Å². The van der Waals surface area contributed by atoms with Crippen LogP contribution in [0.5, 0.6) is 0 Å². The number of ether oxygens (including phenoxy) is 1. The topological polar surface area (TPSA) is 38.3 Å². The zero-order valence-electron chi connectivity index (χ0n) is 13.0. The van der Waals surface area contributed by atoms with Gasteiger partial charge in [-0.15, -0.1) is 0 Å². The van der Waals surface area contributed by atoms with Crippen molar-refractivity contribution in [3.63, 3.8) is 0 Å². The van der Waals surface area contributed by atoms with Gasteiger partial charge in [-0.1, -0.05) is 43.2 Å². The lowest BCUT2D eigenvalue weighted by molar-refractivity contribution is -0.133. The minimum absolute atomic E-state index is 0.118. The Bertz CT molecular complexity index is 523. The van der Waals surface area contributed by atoms with E-state index in [2.05, 4.69) is 35.6 Å². The maximum Gasteiger partial charge on any atom is 0.249 e. The van der Waals surface area contributed by atoms with Crippen molar-refractivity contribution >= 4 is 5.91 Å². The van der Waals surface area contributed by atoms with E-state index in [1.807, 2.05) is 0 Å². The fraction of sp³-hybridized carbons (Fsp3) is 0.632. The van der Waals surface area contributed by atoms with Crippen LogP contribution < -0.4 is 5.32 Å². The molecule has 3 heteroatoms. The van der Waals surface area contributed by atoms with Gasteiger partial charge in [-0.2, -0.15) is 0 Å². The Hall–Kier alpha value is -1.35. The summed E-state index contributed by atoms with van der Waals surface area (Å²) < 4.78 is 5.55. The van der Waals surface area contributed by atoms with Crippen molar-refractivity contribution in [2.45, 2.75) is 56.6 Å². The van der Waals surface area contributed by atoms with Crippen molar-refractivity contribution in [3.8, 4) is 0 Å². The van der Waals surface area contributed by atoms with Gasteiger partial charge in [0, 0.05) is 18.6 Å². The average molecular weight is 299 g/mol. The Morgan fingerprint density at radius 1 is 1.00 bits per heavy atom. The highest BCUT2D eigenvalue weighted by Crippen LogP contribution is 2.54. The molecule has 118 valence electrons. The number of rotatable bonds is 3. The molecule has 2 saturated carbocycles. The Labute approximate surface area is 132 Å². The van der Waals surface area contributed by atoms with E-state index in [0.29, 0.717) is 17.9 Å². The third kappa shape index (κ3) is 2.45. The molecule has 3 aliphatic rings. The molecule has 1 aromatic carbocycles. The number of amides is 1. The van der Waals surface area contributed by atoms with Gasteiger partial charge >= 0.3 is 0 Å². The fourth-order valence-corrected chi connectivity index (χ4v) is 4.84. The van der Waals surface area contributed by atoms with Crippen molar-refractivity contribution in [1.82, 2.24) is 5.32 Å². The molecule has 3 fully saturated rings. The zero-order valence-corrected chi connectivity index (χ0v) is 13.0. The smallest absolute Gasteiger partial charge is 0.249 e. The first-order chi connectivity index (χ1) is 10.8. The van der Waals surface area contributed by atoms with E-state index in [0.717, 1.165) is 25.4 Å². The molecule has 0 aromatic heterocycles. The molecule has 1 aromatic rings. The summed E-state index contributed by atoms with van der Waals surface area (Å²) in [5.74, 6) is 2.04. The van der Waals surface area contributed by atoms with E-state index in [-0.39, 0.29) is 12.0 Å². The van der Waals surface area contributed by atoms with Crippen LogP contribution in [0.25, 0.3) is 0 Å². The molecule has 3 nitrogen and oxygen atoms in total. The van der Waals surface area contributed by atoms with Gasteiger partial charge in [-0.25, -0.2) is 0 Å². The molecule has 2 aliphatic carbocycles. The maximum atomic E-state index is 12.5. The molecule has 0 bridgehead atoms. The SMILES string of the molecule is O=C(N[C@H]1[C@@H]2CCCC[C@@H]2[C@@H]1c1ccccc1)[C@H]1CCCO1. The molecule has 5 atom stereocenters. The lowest BCUT2D eigenvalue weighted by atomic mass is 9.53. The molecule has 1 N–H and O–H groups in total. The third-order valence-electron chi connectivity index (χ3n) is 5.90. The van der Waals surface area contributed by atoms with Gasteiger partial charge in [0.1, 0.15) is 6.10 Å². The van der Waals surface area contributed by atoms with Crippen LogP contribution in [0, 0.1) is 11.8 Å². The van der Waals surface area contributed by atoms with Crippen LogP contribution in [0.3, 0.4) is 0 Å². The lowest BCUT2D eigenvalue weighted by Gasteiger charge is -2.55. The van der Waals surface area contributed by atoms with Crippen molar-refractivity contribution in [2.24, 2.45) is 11.8 Å². The summed E-state index contributed by atoms with van der Waals surface area (Å²) in [6.45, 7) is 0.733. The van der Waals surface area contributed by atoms with Gasteiger partial charge < -0.3 is 10.1 Å². The van der Waals surface area contributed by atoms with Crippen LogP contribution >= 0.6 is 0 Å². The van der Waals surface area contributed by atoms with Gasteiger partial charge in [0.15, 0.2) is 0 Å². The summed E-state index contributed by atoms with van der Waals surface area (Å²) in [4.78, 5) is 12.5. The van der Waals surface area contributed by atoms with Gasteiger partial charge in [0.05, 0.1) is 0 Å². The lowest BCUT2D eigenvalue weighted by Crippen LogP contribution is -2.60.